The van der Waals surface area contributed by atoms with Gasteiger partial charge in [-0.2, -0.15) is 4.31 Å². The summed E-state index contributed by atoms with van der Waals surface area (Å²) in [6, 6.07) is 22.0. The maximum atomic E-state index is 14.0. The van der Waals surface area contributed by atoms with Gasteiger partial charge in [-0.3, -0.25) is 4.79 Å². The Kier molecular flexibility index (Phi) is 8.17. The number of amides is 1. The fraction of sp³-hybridized carbons (Fsp3) is 0.208. The molecule has 1 amide bonds. The lowest BCUT2D eigenvalue weighted by molar-refractivity contribution is -0.130. The van der Waals surface area contributed by atoms with Gasteiger partial charge in [0.25, 0.3) is 0 Å². The molecule has 5 nitrogen and oxygen atoms in total. The van der Waals surface area contributed by atoms with Crippen molar-refractivity contribution in [1.29, 1.82) is 0 Å². The lowest BCUT2D eigenvalue weighted by Crippen LogP contribution is -2.42. The molecule has 0 aromatic heterocycles. The zero-order chi connectivity index (χ0) is 23.1. The van der Waals surface area contributed by atoms with Gasteiger partial charge in [0.05, 0.1) is 11.4 Å². The van der Waals surface area contributed by atoms with Gasteiger partial charge in [-0.25, -0.2) is 12.8 Å². The fourth-order valence-corrected chi connectivity index (χ4v) is 4.83. The van der Waals surface area contributed by atoms with Crippen LogP contribution in [0.2, 0.25) is 0 Å². The van der Waals surface area contributed by atoms with E-state index in [0.29, 0.717) is 12.0 Å². The standard InChI is InChI=1S/C24H24BrFN2O3S/c1-27(17-20-9-5-6-10-23(20)26)24(29)18-28(16-15-19-7-3-2-4-8-19)32(30,31)22-13-11-21(25)12-14-22/h2-14H,15-18H2,1H3. The van der Waals surface area contributed by atoms with Crippen molar-refractivity contribution in [2.24, 2.45) is 0 Å². The molecule has 0 radical (unpaired) electrons. The van der Waals surface area contributed by atoms with Gasteiger partial charge in [0, 0.05) is 30.2 Å². The second-order valence-electron chi connectivity index (χ2n) is 7.37. The summed E-state index contributed by atoms with van der Waals surface area (Å²) < 4.78 is 42.6. The van der Waals surface area contributed by atoms with Gasteiger partial charge in [0.1, 0.15) is 5.82 Å². The van der Waals surface area contributed by atoms with Gasteiger partial charge in [0.15, 0.2) is 0 Å². The quantitative estimate of drug-likeness (QED) is 0.419. The highest BCUT2D eigenvalue weighted by Crippen LogP contribution is 2.20. The third kappa shape index (κ3) is 6.25. The summed E-state index contributed by atoms with van der Waals surface area (Å²) in [5.74, 6) is -0.822. The van der Waals surface area contributed by atoms with E-state index in [0.717, 1.165) is 10.0 Å². The largest absolute Gasteiger partial charge is 0.340 e. The molecule has 0 atom stereocenters. The van der Waals surface area contributed by atoms with Gasteiger partial charge >= 0.3 is 0 Å². The molecule has 0 heterocycles. The van der Waals surface area contributed by atoms with Crippen molar-refractivity contribution in [3.05, 3.63) is 100 Å². The van der Waals surface area contributed by atoms with Crippen molar-refractivity contribution < 1.29 is 17.6 Å². The first-order chi connectivity index (χ1) is 15.3. The topological polar surface area (TPSA) is 57.7 Å². The Bertz CT molecular complexity index is 1160. The van der Waals surface area contributed by atoms with Crippen molar-refractivity contribution in [3.63, 3.8) is 0 Å². The second kappa shape index (κ2) is 10.8. The molecule has 0 aliphatic heterocycles. The zero-order valence-electron chi connectivity index (χ0n) is 17.6. The number of sulfonamides is 1. The van der Waals surface area contributed by atoms with Crippen molar-refractivity contribution in [2.45, 2.75) is 17.9 Å². The average molecular weight is 519 g/mol. The lowest BCUT2D eigenvalue weighted by atomic mass is 10.1. The number of halogens is 2. The highest BCUT2D eigenvalue weighted by molar-refractivity contribution is 9.10. The van der Waals surface area contributed by atoms with Crippen molar-refractivity contribution in [1.82, 2.24) is 9.21 Å². The number of rotatable bonds is 9. The molecule has 168 valence electrons. The molecule has 0 unspecified atom stereocenters. The maximum Gasteiger partial charge on any atom is 0.243 e. The van der Waals surface area contributed by atoms with E-state index in [1.807, 2.05) is 30.3 Å². The fourth-order valence-electron chi connectivity index (χ4n) is 3.18. The van der Waals surface area contributed by atoms with Gasteiger partial charge in [0.2, 0.25) is 15.9 Å². The highest BCUT2D eigenvalue weighted by atomic mass is 79.9. The highest BCUT2D eigenvalue weighted by Gasteiger charge is 2.27. The second-order valence-corrected chi connectivity index (χ2v) is 10.2. The predicted molar refractivity (Wildman–Crippen MR) is 126 cm³/mol. The molecule has 0 fully saturated rings. The monoisotopic (exact) mass is 518 g/mol. The van der Waals surface area contributed by atoms with Crippen LogP contribution in [0.25, 0.3) is 0 Å². The van der Waals surface area contributed by atoms with E-state index < -0.39 is 21.7 Å². The van der Waals surface area contributed by atoms with Crippen LogP contribution in [0.15, 0.2) is 88.2 Å². The minimum atomic E-state index is -3.91. The van der Waals surface area contributed by atoms with Gasteiger partial charge < -0.3 is 4.90 Å². The lowest BCUT2D eigenvalue weighted by Gasteiger charge is -2.25. The molecule has 32 heavy (non-hydrogen) atoms. The van der Waals surface area contributed by atoms with E-state index in [-0.39, 0.29) is 24.5 Å². The third-order valence-corrected chi connectivity index (χ3v) is 7.43. The van der Waals surface area contributed by atoms with E-state index in [1.165, 1.54) is 34.5 Å². The summed E-state index contributed by atoms with van der Waals surface area (Å²) >= 11 is 3.31. The molecule has 8 heteroatoms. The van der Waals surface area contributed by atoms with Gasteiger partial charge in [-0.05, 0) is 42.3 Å². The van der Waals surface area contributed by atoms with Crippen LogP contribution < -0.4 is 0 Å². The molecular formula is C24H24BrFN2O3S. The first-order valence-corrected chi connectivity index (χ1v) is 12.3. The molecule has 3 aromatic rings. The molecule has 0 aliphatic carbocycles. The number of hydrogen-bond acceptors (Lipinski definition) is 3. The molecule has 0 saturated carbocycles. The SMILES string of the molecule is CN(Cc1ccccc1F)C(=O)CN(CCc1ccccc1)S(=O)(=O)c1ccc(Br)cc1. The maximum absolute atomic E-state index is 14.0. The molecular weight excluding hydrogens is 495 g/mol. The van der Waals surface area contributed by atoms with Crippen LogP contribution in [0.3, 0.4) is 0 Å². The van der Waals surface area contributed by atoms with Crippen LogP contribution in [0, 0.1) is 5.82 Å². The summed E-state index contributed by atoms with van der Waals surface area (Å²) in [4.78, 5) is 14.4. The molecule has 3 aromatic carbocycles. The Labute approximate surface area is 196 Å². The Hall–Kier alpha value is -2.55. The van der Waals surface area contributed by atoms with Crippen molar-refractivity contribution in [2.75, 3.05) is 20.1 Å². The van der Waals surface area contributed by atoms with Crippen LogP contribution in [0.5, 0.6) is 0 Å². The van der Waals surface area contributed by atoms with Crippen LogP contribution in [0.1, 0.15) is 11.1 Å². The van der Waals surface area contributed by atoms with Crippen molar-refractivity contribution >= 4 is 31.9 Å². The minimum Gasteiger partial charge on any atom is -0.340 e. The summed E-state index contributed by atoms with van der Waals surface area (Å²) in [6.45, 7) is -0.145. The Morgan fingerprint density at radius 2 is 1.56 bits per heavy atom. The van der Waals surface area contributed by atoms with E-state index in [1.54, 1.807) is 30.3 Å². The number of likely N-dealkylation sites (N-methyl/N-ethyl adjacent to an activating group) is 1. The minimum absolute atomic E-state index is 0.0519. The first kappa shape index (κ1) is 24.1. The number of hydrogen-bond donors (Lipinski definition) is 0. The zero-order valence-corrected chi connectivity index (χ0v) is 20.0. The van der Waals surface area contributed by atoms with E-state index in [4.69, 9.17) is 0 Å². The Morgan fingerprint density at radius 1 is 0.938 bits per heavy atom. The predicted octanol–water partition coefficient (Wildman–Crippen LogP) is 4.48. The Balaban J connectivity index is 1.80. The number of nitrogens with zero attached hydrogens (tertiary/aromatic N) is 2. The number of carbonyl (C=O) groups is 1. The van der Waals surface area contributed by atoms with Crippen LogP contribution in [0.4, 0.5) is 4.39 Å². The molecule has 0 spiro atoms. The average Bonchev–Trinajstić information content (AvgIpc) is 2.78. The van der Waals surface area contributed by atoms with Crippen LogP contribution in [-0.2, 0) is 27.8 Å². The van der Waals surface area contributed by atoms with E-state index in [9.17, 15) is 17.6 Å². The van der Waals surface area contributed by atoms with E-state index >= 15 is 0 Å². The van der Waals surface area contributed by atoms with E-state index in [2.05, 4.69) is 15.9 Å². The summed E-state index contributed by atoms with van der Waals surface area (Å²) in [6.07, 6.45) is 0.459. The molecule has 0 N–H and O–H groups in total. The number of benzene rings is 3. The van der Waals surface area contributed by atoms with Crippen LogP contribution >= 0.6 is 15.9 Å². The number of carbonyl (C=O) groups excluding carboxylic acids is 1. The normalized spacial score (nSPS) is 11.5. The summed E-state index contributed by atoms with van der Waals surface area (Å²) in [7, 11) is -2.37. The molecule has 3 rings (SSSR count). The van der Waals surface area contributed by atoms with Gasteiger partial charge in [-0.1, -0.05) is 64.5 Å². The van der Waals surface area contributed by atoms with Crippen LogP contribution in [-0.4, -0.2) is 43.7 Å². The molecule has 0 aliphatic rings. The first-order valence-electron chi connectivity index (χ1n) is 10.0. The Morgan fingerprint density at radius 3 is 2.22 bits per heavy atom. The smallest absolute Gasteiger partial charge is 0.243 e. The molecule has 0 saturated heterocycles. The van der Waals surface area contributed by atoms with Crippen molar-refractivity contribution in [3.8, 4) is 0 Å². The summed E-state index contributed by atoms with van der Waals surface area (Å²) in [5.41, 5.74) is 1.34. The van der Waals surface area contributed by atoms with Gasteiger partial charge in [-0.15, -0.1) is 0 Å². The summed E-state index contributed by atoms with van der Waals surface area (Å²) in [5, 5.41) is 0. The third-order valence-electron chi connectivity index (χ3n) is 5.05. The molecule has 0 bridgehead atoms.